The number of benzene rings is 1. The molecule has 0 aliphatic rings. The Kier molecular flexibility index (Phi) is 3.36. The third-order valence-corrected chi connectivity index (χ3v) is 4.73. The zero-order valence-electron chi connectivity index (χ0n) is 11.8. The van der Waals surface area contributed by atoms with Crippen LogP contribution in [0.1, 0.15) is 0 Å². The van der Waals surface area contributed by atoms with Crippen LogP contribution < -0.4 is 5.73 Å². The van der Waals surface area contributed by atoms with Crippen molar-refractivity contribution in [3.8, 4) is 26.7 Å². The molecule has 4 rings (SSSR count). The lowest BCUT2D eigenvalue weighted by molar-refractivity contribution is 0.881. The Morgan fingerprint density at radius 1 is 1.13 bits per heavy atom. The molecule has 4 aromatic rings. The SMILES string of the molecule is Nc1n[nH]nc1-c1ccc(-c2cnn(-c3cccc(Cl)c3)c2)s1. The predicted molar refractivity (Wildman–Crippen MR) is 91.7 cm³/mol. The van der Waals surface area contributed by atoms with Crippen molar-refractivity contribution in [2.45, 2.75) is 0 Å². The van der Waals surface area contributed by atoms with Gasteiger partial charge in [-0.05, 0) is 30.3 Å². The Labute approximate surface area is 140 Å². The molecule has 6 nitrogen and oxygen atoms in total. The number of hydrogen-bond acceptors (Lipinski definition) is 5. The van der Waals surface area contributed by atoms with Gasteiger partial charge in [0.25, 0.3) is 0 Å². The third kappa shape index (κ3) is 2.60. The van der Waals surface area contributed by atoms with Crippen LogP contribution in [0.5, 0.6) is 0 Å². The van der Waals surface area contributed by atoms with Gasteiger partial charge in [-0.2, -0.15) is 15.4 Å². The molecule has 114 valence electrons. The van der Waals surface area contributed by atoms with Gasteiger partial charge in [0.2, 0.25) is 0 Å². The average Bonchev–Trinajstić information content (AvgIpc) is 3.26. The number of nitrogen functional groups attached to an aromatic ring is 1. The summed E-state index contributed by atoms with van der Waals surface area (Å²) < 4.78 is 1.80. The lowest BCUT2D eigenvalue weighted by Crippen LogP contribution is -1.92. The molecule has 0 saturated carbocycles. The zero-order chi connectivity index (χ0) is 15.8. The van der Waals surface area contributed by atoms with Crippen LogP contribution in [0, 0.1) is 0 Å². The van der Waals surface area contributed by atoms with E-state index < -0.39 is 0 Å². The van der Waals surface area contributed by atoms with E-state index in [0.717, 1.165) is 21.0 Å². The molecular formula is C15H11ClN6S. The number of nitrogens with one attached hydrogen (secondary N) is 1. The molecule has 3 aromatic heterocycles. The number of rotatable bonds is 3. The number of H-pyrrole nitrogens is 1. The van der Waals surface area contributed by atoms with Crippen molar-refractivity contribution < 1.29 is 0 Å². The second-order valence-electron chi connectivity index (χ2n) is 4.87. The molecular weight excluding hydrogens is 332 g/mol. The van der Waals surface area contributed by atoms with Gasteiger partial charge < -0.3 is 5.73 Å². The first-order valence-corrected chi connectivity index (χ1v) is 7.97. The largest absolute Gasteiger partial charge is 0.380 e. The fraction of sp³-hybridized carbons (Fsp3) is 0. The summed E-state index contributed by atoms with van der Waals surface area (Å²) in [4.78, 5) is 2.04. The predicted octanol–water partition coefficient (Wildman–Crippen LogP) is 3.62. The molecule has 0 bridgehead atoms. The minimum atomic E-state index is 0.396. The Hall–Kier alpha value is -2.64. The molecule has 23 heavy (non-hydrogen) atoms. The molecule has 1 aromatic carbocycles. The molecule has 0 amide bonds. The van der Waals surface area contributed by atoms with Crippen molar-refractivity contribution >= 4 is 28.8 Å². The van der Waals surface area contributed by atoms with Gasteiger partial charge in [0.05, 0.1) is 16.8 Å². The summed E-state index contributed by atoms with van der Waals surface area (Å²) >= 11 is 7.61. The van der Waals surface area contributed by atoms with E-state index in [-0.39, 0.29) is 0 Å². The van der Waals surface area contributed by atoms with Gasteiger partial charge in [-0.25, -0.2) is 4.68 Å². The molecule has 3 heterocycles. The maximum Gasteiger partial charge on any atom is 0.174 e. The van der Waals surface area contributed by atoms with Crippen LogP contribution in [-0.2, 0) is 0 Å². The van der Waals surface area contributed by atoms with E-state index in [4.69, 9.17) is 17.3 Å². The molecule has 0 atom stereocenters. The Morgan fingerprint density at radius 2 is 2.00 bits per heavy atom. The maximum atomic E-state index is 6.03. The van der Waals surface area contributed by atoms with Crippen molar-refractivity contribution in [2.24, 2.45) is 0 Å². The van der Waals surface area contributed by atoms with E-state index in [9.17, 15) is 0 Å². The first-order chi connectivity index (χ1) is 11.2. The standard InChI is InChI=1S/C15H11ClN6S/c16-10-2-1-3-11(6-10)22-8-9(7-18-22)12-4-5-13(23-12)14-15(17)20-21-19-14/h1-8H,(H3,17,19,20,21). The summed E-state index contributed by atoms with van der Waals surface area (Å²) in [7, 11) is 0. The maximum absolute atomic E-state index is 6.03. The van der Waals surface area contributed by atoms with E-state index >= 15 is 0 Å². The molecule has 0 fully saturated rings. The molecule has 0 aliphatic heterocycles. The number of aromatic amines is 1. The van der Waals surface area contributed by atoms with Gasteiger partial charge in [-0.1, -0.05) is 17.7 Å². The van der Waals surface area contributed by atoms with Gasteiger partial charge in [0, 0.05) is 21.7 Å². The van der Waals surface area contributed by atoms with E-state index in [1.165, 1.54) is 0 Å². The second kappa shape index (κ2) is 5.53. The van der Waals surface area contributed by atoms with E-state index in [0.29, 0.717) is 16.5 Å². The van der Waals surface area contributed by atoms with Gasteiger partial charge in [-0.15, -0.1) is 16.4 Å². The van der Waals surface area contributed by atoms with Crippen molar-refractivity contribution in [1.29, 1.82) is 0 Å². The smallest absolute Gasteiger partial charge is 0.174 e. The van der Waals surface area contributed by atoms with Crippen LogP contribution in [0.3, 0.4) is 0 Å². The summed E-state index contributed by atoms with van der Waals surface area (Å²) in [5.41, 5.74) is 8.39. The molecule has 8 heteroatoms. The van der Waals surface area contributed by atoms with Crippen LogP contribution in [0.4, 0.5) is 5.82 Å². The minimum absolute atomic E-state index is 0.396. The number of nitrogens with two attached hydrogens (primary N) is 1. The highest BCUT2D eigenvalue weighted by Crippen LogP contribution is 2.35. The molecule has 0 aliphatic carbocycles. The summed E-state index contributed by atoms with van der Waals surface area (Å²) in [6, 6.07) is 11.6. The highest BCUT2D eigenvalue weighted by Gasteiger charge is 2.12. The monoisotopic (exact) mass is 342 g/mol. The van der Waals surface area contributed by atoms with Crippen molar-refractivity contribution in [3.05, 3.63) is 53.8 Å². The van der Waals surface area contributed by atoms with Crippen LogP contribution >= 0.6 is 22.9 Å². The number of aromatic nitrogens is 5. The topological polar surface area (TPSA) is 85.4 Å². The van der Waals surface area contributed by atoms with Gasteiger partial charge >= 0.3 is 0 Å². The molecule has 0 spiro atoms. The second-order valence-corrected chi connectivity index (χ2v) is 6.40. The minimum Gasteiger partial charge on any atom is -0.380 e. The van der Waals surface area contributed by atoms with Crippen molar-refractivity contribution in [1.82, 2.24) is 25.2 Å². The summed E-state index contributed by atoms with van der Waals surface area (Å²) in [5, 5.41) is 15.5. The highest BCUT2D eigenvalue weighted by molar-refractivity contribution is 7.18. The zero-order valence-corrected chi connectivity index (χ0v) is 13.3. The fourth-order valence-electron chi connectivity index (χ4n) is 2.25. The number of thiophene rings is 1. The van der Waals surface area contributed by atoms with Crippen LogP contribution in [-0.4, -0.2) is 25.2 Å². The van der Waals surface area contributed by atoms with Crippen LogP contribution in [0.25, 0.3) is 26.7 Å². The van der Waals surface area contributed by atoms with E-state index in [1.807, 2.05) is 48.8 Å². The number of hydrogen-bond donors (Lipinski definition) is 2. The van der Waals surface area contributed by atoms with E-state index in [1.54, 1.807) is 16.0 Å². The fourth-order valence-corrected chi connectivity index (χ4v) is 3.41. The quantitative estimate of drug-likeness (QED) is 0.595. The van der Waals surface area contributed by atoms with Gasteiger partial charge in [0.1, 0.15) is 5.69 Å². The number of halogens is 1. The number of nitrogens with zero attached hydrogens (tertiary/aromatic N) is 4. The Morgan fingerprint density at radius 3 is 2.78 bits per heavy atom. The van der Waals surface area contributed by atoms with Crippen LogP contribution in [0.2, 0.25) is 5.02 Å². The summed E-state index contributed by atoms with van der Waals surface area (Å²) in [6.45, 7) is 0. The summed E-state index contributed by atoms with van der Waals surface area (Å²) in [6.07, 6.45) is 3.79. The molecule has 0 radical (unpaired) electrons. The van der Waals surface area contributed by atoms with Gasteiger partial charge in [0.15, 0.2) is 5.82 Å². The lowest BCUT2D eigenvalue weighted by Gasteiger charge is -2.00. The highest BCUT2D eigenvalue weighted by atomic mass is 35.5. The van der Waals surface area contributed by atoms with Crippen LogP contribution in [0.15, 0.2) is 48.8 Å². The van der Waals surface area contributed by atoms with E-state index in [2.05, 4.69) is 20.5 Å². The Balaban J connectivity index is 1.67. The lowest BCUT2D eigenvalue weighted by atomic mass is 10.3. The van der Waals surface area contributed by atoms with Crippen molar-refractivity contribution in [3.63, 3.8) is 0 Å². The third-order valence-electron chi connectivity index (χ3n) is 3.35. The molecule has 0 unspecified atom stereocenters. The molecule has 0 saturated heterocycles. The first kappa shape index (κ1) is 14.0. The molecule has 3 N–H and O–H groups in total. The number of anilines is 1. The van der Waals surface area contributed by atoms with Gasteiger partial charge in [-0.3, -0.25) is 0 Å². The average molecular weight is 343 g/mol. The summed E-state index contributed by atoms with van der Waals surface area (Å²) in [5.74, 6) is 0.396. The normalized spacial score (nSPS) is 11.0. The Bertz CT molecular complexity index is 970. The first-order valence-electron chi connectivity index (χ1n) is 6.78. The van der Waals surface area contributed by atoms with Crippen molar-refractivity contribution in [2.75, 3.05) is 5.73 Å².